The van der Waals surface area contributed by atoms with Gasteiger partial charge in [-0.2, -0.15) is 4.98 Å². The second kappa shape index (κ2) is 8.24. The minimum atomic E-state index is -0.283. The molecule has 4 N–H and O–H groups in total. The van der Waals surface area contributed by atoms with Gasteiger partial charge in [0.1, 0.15) is 5.82 Å². The topological polar surface area (TPSA) is 110 Å². The summed E-state index contributed by atoms with van der Waals surface area (Å²) in [6.45, 7) is 5.21. The van der Waals surface area contributed by atoms with Crippen LogP contribution in [-0.2, 0) is 17.6 Å². The number of carbonyl (C=O) groups excluding carboxylic acids is 1. The number of carbonyl (C=O) groups is 1. The highest BCUT2D eigenvalue weighted by Gasteiger charge is 2.22. The maximum absolute atomic E-state index is 12.0. The highest BCUT2D eigenvalue weighted by Crippen LogP contribution is 2.23. The molecule has 2 aromatic rings. The quantitative estimate of drug-likeness (QED) is 0.674. The van der Waals surface area contributed by atoms with E-state index in [-0.39, 0.29) is 17.5 Å². The number of aromatic nitrogens is 2. The normalized spacial score (nSPS) is 15.9. The molecule has 2 heterocycles. The first kappa shape index (κ1) is 18.9. The number of hydrogen-bond acceptors (Lipinski definition) is 6. The van der Waals surface area contributed by atoms with Gasteiger partial charge in [-0.25, -0.2) is 4.79 Å². The first-order chi connectivity index (χ1) is 12.9. The van der Waals surface area contributed by atoms with Crippen molar-refractivity contribution in [2.45, 2.75) is 33.1 Å². The first-order valence-electron chi connectivity index (χ1n) is 9.31. The zero-order valence-corrected chi connectivity index (χ0v) is 15.7. The number of ether oxygens (including phenoxy) is 1. The third kappa shape index (κ3) is 4.87. The monoisotopic (exact) mass is 370 g/mol. The smallest absolute Gasteiger partial charge is 0.338 e. The molecule has 1 atom stereocenters. The summed E-state index contributed by atoms with van der Waals surface area (Å²) < 4.78 is 5.24. The van der Waals surface area contributed by atoms with Gasteiger partial charge in [0.2, 0.25) is 5.95 Å². The van der Waals surface area contributed by atoms with E-state index in [4.69, 9.17) is 10.5 Å². The van der Waals surface area contributed by atoms with E-state index in [1.165, 1.54) is 0 Å². The molecule has 0 amide bonds. The lowest BCUT2D eigenvalue weighted by Gasteiger charge is -2.24. The molecule has 7 heteroatoms. The fourth-order valence-corrected chi connectivity index (χ4v) is 3.16. The number of anilines is 2. The van der Waals surface area contributed by atoms with E-state index in [0.29, 0.717) is 41.8 Å². The third-order valence-corrected chi connectivity index (χ3v) is 4.66. The minimum Gasteiger partial charge on any atom is -0.462 e. The second-order valence-corrected chi connectivity index (χ2v) is 7.46. The molecule has 0 spiro atoms. The maximum Gasteiger partial charge on any atom is 0.338 e. The summed E-state index contributed by atoms with van der Waals surface area (Å²) in [5.41, 5.74) is 7.81. The molecular formula is C20H26N4O3. The number of esters is 1. The Morgan fingerprint density at radius 3 is 2.78 bits per heavy atom. The number of benzene rings is 1. The van der Waals surface area contributed by atoms with Crippen LogP contribution in [0, 0.1) is 11.8 Å². The molecule has 3 rings (SSSR count). The molecule has 1 aliphatic heterocycles. The van der Waals surface area contributed by atoms with Crippen LogP contribution in [0.15, 0.2) is 29.1 Å². The summed E-state index contributed by atoms with van der Waals surface area (Å²) in [6.07, 6.45) is 2.50. The van der Waals surface area contributed by atoms with E-state index >= 15 is 0 Å². The average Bonchev–Trinajstić information content (AvgIpc) is 2.65. The van der Waals surface area contributed by atoms with Crippen LogP contribution in [-0.4, -0.2) is 29.1 Å². The van der Waals surface area contributed by atoms with Crippen molar-refractivity contribution in [2.75, 3.05) is 24.2 Å². The average molecular weight is 370 g/mol. The number of nitrogens with zero attached hydrogens (tertiary/aromatic N) is 1. The predicted molar refractivity (Wildman–Crippen MR) is 105 cm³/mol. The predicted octanol–water partition coefficient (Wildman–Crippen LogP) is 2.38. The molecule has 1 aromatic carbocycles. The van der Waals surface area contributed by atoms with E-state index in [1.54, 1.807) is 0 Å². The molecule has 0 aliphatic carbocycles. The number of fused-ring (bicyclic) bond motifs is 1. The molecule has 0 saturated heterocycles. The van der Waals surface area contributed by atoms with Crippen molar-refractivity contribution in [3.63, 3.8) is 0 Å². The van der Waals surface area contributed by atoms with Crippen molar-refractivity contribution in [3.8, 4) is 0 Å². The van der Waals surface area contributed by atoms with E-state index in [0.717, 1.165) is 24.9 Å². The van der Waals surface area contributed by atoms with Gasteiger partial charge >= 0.3 is 5.97 Å². The molecule has 0 saturated carbocycles. The number of H-pyrrole nitrogens is 1. The van der Waals surface area contributed by atoms with E-state index in [1.807, 2.05) is 38.1 Å². The number of nitrogen functional groups attached to an aromatic ring is 1. The van der Waals surface area contributed by atoms with Crippen LogP contribution in [0.25, 0.3) is 0 Å². The Balaban J connectivity index is 1.55. The van der Waals surface area contributed by atoms with Crippen LogP contribution >= 0.6 is 0 Å². The van der Waals surface area contributed by atoms with E-state index in [9.17, 15) is 9.59 Å². The van der Waals surface area contributed by atoms with Gasteiger partial charge in [0.25, 0.3) is 5.56 Å². The van der Waals surface area contributed by atoms with E-state index < -0.39 is 0 Å². The summed E-state index contributed by atoms with van der Waals surface area (Å²) in [4.78, 5) is 30.7. The Morgan fingerprint density at radius 1 is 1.33 bits per heavy atom. The molecule has 7 nitrogen and oxygen atoms in total. The van der Waals surface area contributed by atoms with Crippen molar-refractivity contribution in [1.29, 1.82) is 0 Å². The zero-order chi connectivity index (χ0) is 19.4. The summed E-state index contributed by atoms with van der Waals surface area (Å²) in [5, 5.41) is 3.21. The van der Waals surface area contributed by atoms with Gasteiger partial charge in [0.15, 0.2) is 0 Å². The van der Waals surface area contributed by atoms with Crippen molar-refractivity contribution in [2.24, 2.45) is 11.8 Å². The highest BCUT2D eigenvalue weighted by atomic mass is 16.5. The largest absolute Gasteiger partial charge is 0.462 e. The van der Waals surface area contributed by atoms with Gasteiger partial charge in [-0.05, 0) is 48.8 Å². The van der Waals surface area contributed by atoms with Crippen LogP contribution in [0.1, 0.15) is 41.8 Å². The van der Waals surface area contributed by atoms with Crippen molar-refractivity contribution >= 4 is 17.7 Å². The molecule has 1 aromatic heterocycles. The Labute approximate surface area is 158 Å². The lowest BCUT2D eigenvalue weighted by Crippen LogP contribution is -2.30. The Kier molecular flexibility index (Phi) is 5.78. The maximum atomic E-state index is 12.0. The van der Waals surface area contributed by atoms with Gasteiger partial charge in [-0.3, -0.25) is 9.78 Å². The molecule has 0 radical (unpaired) electrons. The Morgan fingerprint density at radius 2 is 2.07 bits per heavy atom. The van der Waals surface area contributed by atoms with Crippen LogP contribution in [0.3, 0.4) is 0 Å². The minimum absolute atomic E-state index is 0.136. The fourth-order valence-electron chi connectivity index (χ4n) is 3.16. The van der Waals surface area contributed by atoms with Crippen LogP contribution < -0.4 is 16.6 Å². The first-order valence-corrected chi connectivity index (χ1v) is 9.31. The number of nitrogens with one attached hydrogen (secondary N) is 2. The molecule has 0 bridgehead atoms. The van der Waals surface area contributed by atoms with Crippen LogP contribution in [0.4, 0.5) is 11.8 Å². The van der Waals surface area contributed by atoms with Gasteiger partial charge in [0.05, 0.1) is 17.7 Å². The van der Waals surface area contributed by atoms with Gasteiger partial charge in [-0.15, -0.1) is 0 Å². The van der Waals surface area contributed by atoms with Crippen LogP contribution in [0.5, 0.6) is 0 Å². The van der Waals surface area contributed by atoms with Crippen LogP contribution in [0.2, 0.25) is 0 Å². The van der Waals surface area contributed by atoms with Gasteiger partial charge < -0.3 is 15.8 Å². The summed E-state index contributed by atoms with van der Waals surface area (Å²) in [6, 6.07) is 7.55. The molecular weight excluding hydrogens is 344 g/mol. The fraction of sp³-hybridized carbons (Fsp3) is 0.450. The van der Waals surface area contributed by atoms with Crippen molar-refractivity contribution in [1.82, 2.24) is 9.97 Å². The number of hydrogen-bond donors (Lipinski definition) is 3. The number of rotatable bonds is 6. The zero-order valence-electron chi connectivity index (χ0n) is 15.7. The Bertz CT molecular complexity index is 859. The SMILES string of the molecule is CC(C)COC(=O)c1ccc(CCC2CNc3nc(N)[nH]c(=O)c3C2)cc1. The number of aryl methyl sites for hydroxylation is 1. The molecule has 144 valence electrons. The number of nitrogens with two attached hydrogens (primary N) is 1. The molecule has 0 fully saturated rings. The second-order valence-electron chi connectivity index (χ2n) is 7.46. The molecule has 1 aliphatic rings. The summed E-state index contributed by atoms with van der Waals surface area (Å²) in [7, 11) is 0. The summed E-state index contributed by atoms with van der Waals surface area (Å²) >= 11 is 0. The van der Waals surface area contributed by atoms with Gasteiger partial charge in [-0.1, -0.05) is 26.0 Å². The lowest BCUT2D eigenvalue weighted by atomic mass is 9.91. The molecule has 27 heavy (non-hydrogen) atoms. The molecule has 1 unspecified atom stereocenters. The summed E-state index contributed by atoms with van der Waals surface area (Å²) in [5.74, 6) is 1.11. The van der Waals surface area contributed by atoms with Crippen molar-refractivity contribution < 1.29 is 9.53 Å². The van der Waals surface area contributed by atoms with Gasteiger partial charge in [0, 0.05) is 6.54 Å². The third-order valence-electron chi connectivity index (χ3n) is 4.66. The standard InChI is InChI=1S/C20H26N4O3/c1-12(2)11-27-19(26)15-7-5-13(6-8-15)3-4-14-9-16-17(22-10-14)23-20(21)24-18(16)25/h5-8,12,14H,3-4,9-11H2,1-2H3,(H4,21,22,23,24,25). The highest BCUT2D eigenvalue weighted by molar-refractivity contribution is 5.89. The number of aromatic amines is 1. The van der Waals surface area contributed by atoms with E-state index in [2.05, 4.69) is 15.3 Å². The Hall–Kier alpha value is -2.83. The lowest BCUT2D eigenvalue weighted by molar-refractivity contribution is 0.0459. The van der Waals surface area contributed by atoms with Crippen molar-refractivity contribution in [3.05, 3.63) is 51.3 Å².